The second kappa shape index (κ2) is 10.3. The average Bonchev–Trinajstić information content (AvgIpc) is 2.45. The second-order valence-corrected chi connectivity index (χ2v) is 4.68. The summed E-state index contributed by atoms with van der Waals surface area (Å²) < 4.78 is 19.3. The monoisotopic (exact) mass is 348 g/mol. The molecule has 0 heterocycles. The number of ketones is 1. The minimum atomic E-state index is -1.74. The predicted molar refractivity (Wildman–Crippen MR) is 75.4 cm³/mol. The van der Waals surface area contributed by atoms with Crippen LogP contribution in [0.15, 0.2) is 0 Å². The third kappa shape index (κ3) is 8.22. The maximum Gasteiger partial charge on any atom is 0.303 e. The van der Waals surface area contributed by atoms with Crippen molar-refractivity contribution in [2.24, 2.45) is 0 Å². The molecule has 0 amide bonds. The first kappa shape index (κ1) is 21.5. The van der Waals surface area contributed by atoms with Crippen LogP contribution >= 0.6 is 0 Å². The van der Waals surface area contributed by atoms with Crippen LogP contribution < -0.4 is 0 Å². The third-order valence-electron chi connectivity index (χ3n) is 2.50. The van der Waals surface area contributed by atoms with Crippen LogP contribution in [0.1, 0.15) is 27.7 Å². The van der Waals surface area contributed by atoms with Crippen molar-refractivity contribution in [1.29, 1.82) is 0 Å². The molecular weight excluding hydrogens is 328 g/mol. The van der Waals surface area contributed by atoms with Gasteiger partial charge in [0.25, 0.3) is 0 Å². The molecule has 0 aromatic carbocycles. The van der Waals surface area contributed by atoms with Gasteiger partial charge in [0.2, 0.25) is 11.9 Å². The fourth-order valence-electron chi connectivity index (χ4n) is 1.72. The van der Waals surface area contributed by atoms with Crippen LogP contribution in [-0.4, -0.2) is 66.3 Å². The lowest BCUT2D eigenvalue weighted by Gasteiger charge is -2.30. The van der Waals surface area contributed by atoms with E-state index in [1.807, 2.05) is 0 Å². The van der Waals surface area contributed by atoms with E-state index >= 15 is 0 Å². The van der Waals surface area contributed by atoms with Crippen molar-refractivity contribution in [3.63, 3.8) is 0 Å². The highest BCUT2D eigenvalue weighted by molar-refractivity contribution is 5.87. The summed E-state index contributed by atoms with van der Waals surface area (Å²) in [6, 6.07) is 0. The number of Topliss-reactive ketones (excluding diaryl/α,β-unsaturated/α-hetero) is 1. The van der Waals surface area contributed by atoms with Crippen molar-refractivity contribution in [3.05, 3.63) is 0 Å². The summed E-state index contributed by atoms with van der Waals surface area (Å²) in [5.74, 6) is -4.29. The molecule has 0 aromatic heterocycles. The fraction of sp³-hybridized carbons (Fsp3) is 0.643. The Morgan fingerprint density at radius 3 is 1.67 bits per heavy atom. The van der Waals surface area contributed by atoms with Gasteiger partial charge in [-0.15, -0.1) is 0 Å². The van der Waals surface area contributed by atoms with Crippen LogP contribution in [0.3, 0.4) is 0 Å². The smallest absolute Gasteiger partial charge is 0.303 e. The Morgan fingerprint density at radius 2 is 1.29 bits per heavy atom. The fourth-order valence-corrected chi connectivity index (χ4v) is 1.72. The number of rotatable bonds is 9. The van der Waals surface area contributed by atoms with E-state index in [2.05, 4.69) is 0 Å². The van der Waals surface area contributed by atoms with E-state index in [1.54, 1.807) is 0 Å². The van der Waals surface area contributed by atoms with Crippen molar-refractivity contribution in [2.45, 2.75) is 46.0 Å². The van der Waals surface area contributed by atoms with E-state index < -0.39 is 61.2 Å². The van der Waals surface area contributed by atoms with Crippen molar-refractivity contribution in [3.8, 4) is 0 Å². The molecule has 0 saturated heterocycles. The molecule has 3 atom stereocenters. The van der Waals surface area contributed by atoms with Crippen LogP contribution in [0.2, 0.25) is 0 Å². The summed E-state index contributed by atoms with van der Waals surface area (Å²) in [7, 11) is 0. The zero-order chi connectivity index (χ0) is 18.9. The summed E-state index contributed by atoms with van der Waals surface area (Å²) in [4.78, 5) is 56.5. The van der Waals surface area contributed by atoms with Gasteiger partial charge in [0.1, 0.15) is 13.2 Å². The van der Waals surface area contributed by atoms with Crippen LogP contribution in [0.5, 0.6) is 0 Å². The van der Waals surface area contributed by atoms with Crippen molar-refractivity contribution < 1.29 is 48.0 Å². The molecule has 24 heavy (non-hydrogen) atoms. The maximum atomic E-state index is 11.8. The minimum Gasteiger partial charge on any atom is -0.462 e. The lowest BCUT2D eigenvalue weighted by molar-refractivity contribution is -0.191. The highest BCUT2D eigenvalue weighted by Gasteiger charge is 2.41. The Hall–Kier alpha value is -2.49. The van der Waals surface area contributed by atoms with Gasteiger partial charge < -0.3 is 24.1 Å². The van der Waals surface area contributed by atoms with Crippen molar-refractivity contribution in [2.75, 3.05) is 13.2 Å². The summed E-state index contributed by atoms with van der Waals surface area (Å²) >= 11 is 0. The number of aliphatic hydroxyl groups excluding tert-OH is 1. The summed E-state index contributed by atoms with van der Waals surface area (Å²) in [5.41, 5.74) is 0. The van der Waals surface area contributed by atoms with E-state index in [9.17, 15) is 24.0 Å². The molecule has 0 bridgehead atoms. The molecule has 0 aromatic rings. The molecule has 0 rings (SSSR count). The molecule has 0 unspecified atom stereocenters. The molecule has 0 radical (unpaired) electrons. The van der Waals surface area contributed by atoms with Gasteiger partial charge in [0, 0.05) is 27.7 Å². The minimum absolute atomic E-state index is 0.552. The Bertz CT molecular complexity index is 498. The molecule has 0 spiro atoms. The topological polar surface area (TPSA) is 142 Å². The lowest BCUT2D eigenvalue weighted by Crippen LogP contribution is -2.51. The number of carbonyl (C=O) groups excluding carboxylic acids is 5. The van der Waals surface area contributed by atoms with E-state index in [0.717, 1.165) is 27.7 Å². The molecule has 10 heteroatoms. The van der Waals surface area contributed by atoms with Crippen molar-refractivity contribution >= 4 is 29.7 Å². The van der Waals surface area contributed by atoms with Crippen LogP contribution in [0.25, 0.3) is 0 Å². The summed E-state index contributed by atoms with van der Waals surface area (Å²) in [6.45, 7) is 2.57. The first-order valence-corrected chi connectivity index (χ1v) is 6.87. The van der Waals surface area contributed by atoms with Gasteiger partial charge in [0.05, 0.1) is 0 Å². The van der Waals surface area contributed by atoms with Gasteiger partial charge in [-0.3, -0.25) is 24.0 Å². The largest absolute Gasteiger partial charge is 0.462 e. The summed E-state index contributed by atoms with van der Waals surface area (Å²) in [5, 5.41) is 9.01. The van der Waals surface area contributed by atoms with E-state index in [-0.39, 0.29) is 0 Å². The van der Waals surface area contributed by atoms with Gasteiger partial charge in [-0.2, -0.15) is 0 Å². The normalized spacial score (nSPS) is 13.9. The van der Waals surface area contributed by atoms with Crippen LogP contribution in [0, 0.1) is 0 Å². The molecule has 1 N–H and O–H groups in total. The molecular formula is C14H20O10. The Kier molecular flexibility index (Phi) is 9.25. The number of carbonyl (C=O) groups is 5. The molecule has 136 valence electrons. The van der Waals surface area contributed by atoms with Crippen LogP contribution in [0.4, 0.5) is 0 Å². The SMILES string of the molecule is CC(=O)OC[C@@H](OC(C)=O)[C@@H](OC(C)=O)[C@H](OC(C)=O)C(=O)CO. The molecule has 0 saturated carbocycles. The molecule has 0 fully saturated rings. The number of hydrogen-bond donors (Lipinski definition) is 1. The summed E-state index contributed by atoms with van der Waals surface area (Å²) in [6.07, 6.45) is -4.76. The number of ether oxygens (including phenoxy) is 4. The second-order valence-electron chi connectivity index (χ2n) is 4.68. The van der Waals surface area contributed by atoms with Gasteiger partial charge >= 0.3 is 23.9 Å². The predicted octanol–water partition coefficient (Wildman–Crippen LogP) is -1.09. The average molecular weight is 348 g/mol. The quantitative estimate of drug-likeness (QED) is 0.403. The Labute approximate surface area is 138 Å². The zero-order valence-electron chi connectivity index (χ0n) is 13.8. The highest BCUT2D eigenvalue weighted by atomic mass is 16.6. The molecule has 0 aliphatic rings. The maximum absolute atomic E-state index is 11.8. The standard InChI is InChI=1S/C14H20O10/c1-7(16)21-6-12(22-8(2)17)14(24-10(4)19)13(11(20)5-15)23-9(3)18/h12-15H,5-6H2,1-4H3/t12-,13-,14-/m1/s1. The molecule has 10 nitrogen and oxygen atoms in total. The van der Waals surface area contributed by atoms with Crippen LogP contribution in [-0.2, 0) is 42.9 Å². The Balaban J connectivity index is 5.67. The van der Waals surface area contributed by atoms with E-state index in [0.29, 0.717) is 0 Å². The first-order chi connectivity index (χ1) is 11.1. The third-order valence-corrected chi connectivity index (χ3v) is 2.50. The number of hydrogen-bond acceptors (Lipinski definition) is 10. The van der Waals surface area contributed by atoms with Gasteiger partial charge in [-0.1, -0.05) is 0 Å². The van der Waals surface area contributed by atoms with Gasteiger partial charge in [-0.25, -0.2) is 0 Å². The Morgan fingerprint density at radius 1 is 0.792 bits per heavy atom. The number of esters is 4. The molecule has 0 aliphatic heterocycles. The van der Waals surface area contributed by atoms with Gasteiger partial charge in [0.15, 0.2) is 12.2 Å². The van der Waals surface area contributed by atoms with E-state index in [1.165, 1.54) is 0 Å². The van der Waals surface area contributed by atoms with E-state index in [4.69, 9.17) is 24.1 Å². The highest BCUT2D eigenvalue weighted by Crippen LogP contribution is 2.16. The van der Waals surface area contributed by atoms with Gasteiger partial charge in [-0.05, 0) is 0 Å². The number of aliphatic hydroxyl groups is 1. The lowest BCUT2D eigenvalue weighted by atomic mass is 10.0. The molecule has 0 aliphatic carbocycles. The van der Waals surface area contributed by atoms with Crippen molar-refractivity contribution in [1.82, 2.24) is 0 Å². The first-order valence-electron chi connectivity index (χ1n) is 6.87. The zero-order valence-corrected chi connectivity index (χ0v) is 13.8.